The number of nitrogens with zero attached hydrogens (tertiary/aromatic N) is 1. The largest absolute Gasteiger partial charge is 0.480 e. The van der Waals surface area contributed by atoms with Crippen molar-refractivity contribution in [3.05, 3.63) is 23.9 Å². The van der Waals surface area contributed by atoms with Gasteiger partial charge in [-0.05, 0) is 30.9 Å². The molecule has 1 aliphatic carbocycles. The summed E-state index contributed by atoms with van der Waals surface area (Å²) in [4.78, 5) is 26.3. The van der Waals surface area contributed by atoms with Crippen LogP contribution in [-0.4, -0.2) is 33.8 Å². The highest BCUT2D eigenvalue weighted by Gasteiger charge is 2.37. The lowest BCUT2D eigenvalue weighted by atomic mass is 10.2. The van der Waals surface area contributed by atoms with Gasteiger partial charge in [0, 0.05) is 6.20 Å². The Hall–Kier alpha value is -1.77. The van der Waals surface area contributed by atoms with Crippen LogP contribution in [-0.2, 0) is 15.8 Å². The summed E-state index contributed by atoms with van der Waals surface area (Å²) in [5, 5.41) is 11.7. The maximum Gasteiger partial charge on any atom is 0.417 e. The number of rotatable bonds is 6. The third kappa shape index (κ3) is 4.62. The molecule has 0 aromatic carbocycles. The van der Waals surface area contributed by atoms with Crippen molar-refractivity contribution >= 4 is 23.6 Å². The molecule has 1 aromatic heterocycles. The van der Waals surface area contributed by atoms with E-state index >= 15 is 0 Å². The Labute approximate surface area is 128 Å². The van der Waals surface area contributed by atoms with Crippen molar-refractivity contribution < 1.29 is 27.9 Å². The molecular formula is C13H13F3N2O3S. The maximum absolute atomic E-state index is 12.4. The third-order valence-electron chi connectivity index (χ3n) is 3.09. The number of halogens is 3. The number of pyridine rings is 1. The second-order valence-electron chi connectivity index (χ2n) is 4.89. The van der Waals surface area contributed by atoms with Crippen LogP contribution in [0, 0.1) is 5.92 Å². The van der Waals surface area contributed by atoms with Crippen molar-refractivity contribution in [2.24, 2.45) is 5.92 Å². The number of hydrogen-bond acceptors (Lipinski definition) is 4. The van der Waals surface area contributed by atoms with Crippen molar-refractivity contribution in [1.82, 2.24) is 10.3 Å². The molecule has 22 heavy (non-hydrogen) atoms. The first-order valence-corrected chi connectivity index (χ1v) is 7.44. The molecule has 1 aromatic rings. The minimum Gasteiger partial charge on any atom is -0.480 e. The highest BCUT2D eigenvalue weighted by molar-refractivity contribution is 7.99. The number of amides is 1. The minimum absolute atomic E-state index is 0.0318. The molecule has 1 atom stereocenters. The zero-order chi connectivity index (χ0) is 16.3. The number of hydrogen-bond donors (Lipinski definition) is 2. The van der Waals surface area contributed by atoms with Crippen LogP contribution in [0.4, 0.5) is 13.2 Å². The molecule has 0 bridgehead atoms. The van der Waals surface area contributed by atoms with Gasteiger partial charge < -0.3 is 10.4 Å². The Kier molecular flexibility index (Phi) is 4.94. The molecule has 1 amide bonds. The number of carbonyl (C=O) groups excluding carboxylic acids is 1. The van der Waals surface area contributed by atoms with Crippen LogP contribution in [0.3, 0.4) is 0 Å². The van der Waals surface area contributed by atoms with Crippen molar-refractivity contribution in [3.63, 3.8) is 0 Å². The summed E-state index contributed by atoms with van der Waals surface area (Å²) in [6.45, 7) is 0. The van der Waals surface area contributed by atoms with Gasteiger partial charge >= 0.3 is 12.1 Å². The summed E-state index contributed by atoms with van der Waals surface area (Å²) < 4.78 is 37.1. The Morgan fingerprint density at radius 2 is 2.09 bits per heavy atom. The van der Waals surface area contributed by atoms with Gasteiger partial charge in [-0.3, -0.25) is 4.79 Å². The van der Waals surface area contributed by atoms with Crippen LogP contribution >= 0.6 is 11.8 Å². The van der Waals surface area contributed by atoms with E-state index in [1.54, 1.807) is 0 Å². The van der Waals surface area contributed by atoms with E-state index in [-0.39, 0.29) is 16.7 Å². The van der Waals surface area contributed by atoms with Crippen molar-refractivity contribution in [2.45, 2.75) is 30.1 Å². The molecule has 1 unspecified atom stereocenters. The van der Waals surface area contributed by atoms with E-state index in [1.165, 1.54) is 6.07 Å². The first-order chi connectivity index (χ1) is 10.3. The zero-order valence-electron chi connectivity index (χ0n) is 11.3. The summed E-state index contributed by atoms with van der Waals surface area (Å²) >= 11 is 0.950. The summed E-state index contributed by atoms with van der Waals surface area (Å²) in [7, 11) is 0. The fourth-order valence-electron chi connectivity index (χ4n) is 1.80. The average Bonchev–Trinajstić information content (AvgIpc) is 3.26. The van der Waals surface area contributed by atoms with Crippen LogP contribution < -0.4 is 5.32 Å². The highest BCUT2D eigenvalue weighted by Crippen LogP contribution is 2.33. The van der Waals surface area contributed by atoms with Crippen molar-refractivity contribution in [1.29, 1.82) is 0 Å². The van der Waals surface area contributed by atoms with Crippen LogP contribution in [0.15, 0.2) is 23.4 Å². The van der Waals surface area contributed by atoms with E-state index in [0.717, 1.165) is 30.7 Å². The lowest BCUT2D eigenvalue weighted by Crippen LogP contribution is -2.43. The van der Waals surface area contributed by atoms with Gasteiger partial charge in [-0.15, -0.1) is 0 Å². The van der Waals surface area contributed by atoms with Gasteiger partial charge in [0.2, 0.25) is 5.91 Å². The standard InChI is InChI=1S/C13H13F3N2O3S/c14-13(15,16)8-3-4-10(17-5-8)22-6-9(19)18-11(12(20)21)7-1-2-7/h3-5,7,11H,1-2,6H2,(H,18,19)(H,20,21). The summed E-state index contributed by atoms with van der Waals surface area (Å²) in [6.07, 6.45) is -2.22. The predicted octanol–water partition coefficient (Wildman–Crippen LogP) is 2.17. The minimum atomic E-state index is -4.45. The molecule has 120 valence electrons. The first-order valence-electron chi connectivity index (χ1n) is 6.45. The van der Waals surface area contributed by atoms with E-state index < -0.39 is 29.7 Å². The number of aromatic nitrogens is 1. The van der Waals surface area contributed by atoms with Crippen LogP contribution in [0.25, 0.3) is 0 Å². The lowest BCUT2D eigenvalue weighted by Gasteiger charge is -2.13. The molecule has 5 nitrogen and oxygen atoms in total. The third-order valence-corrected chi connectivity index (χ3v) is 4.03. The molecule has 0 radical (unpaired) electrons. The van der Waals surface area contributed by atoms with Crippen molar-refractivity contribution in [3.8, 4) is 0 Å². The molecule has 1 aliphatic rings. The number of nitrogens with one attached hydrogen (secondary N) is 1. The average molecular weight is 334 g/mol. The molecule has 1 fully saturated rings. The van der Waals surface area contributed by atoms with Crippen LogP contribution in [0.1, 0.15) is 18.4 Å². The lowest BCUT2D eigenvalue weighted by molar-refractivity contribution is -0.142. The van der Waals surface area contributed by atoms with Crippen molar-refractivity contribution in [2.75, 3.05) is 5.75 Å². The first kappa shape index (κ1) is 16.6. The number of alkyl halides is 3. The molecule has 1 saturated carbocycles. The maximum atomic E-state index is 12.4. The number of aliphatic carboxylic acids is 1. The second-order valence-corrected chi connectivity index (χ2v) is 5.89. The van der Waals surface area contributed by atoms with E-state index in [1.807, 2.05) is 0 Å². The van der Waals surface area contributed by atoms with E-state index in [9.17, 15) is 22.8 Å². The Bertz CT molecular complexity index is 559. The van der Waals surface area contributed by atoms with Gasteiger partial charge in [-0.1, -0.05) is 11.8 Å². The van der Waals surface area contributed by atoms with E-state index in [2.05, 4.69) is 10.3 Å². The summed E-state index contributed by atoms with van der Waals surface area (Å²) in [5.74, 6) is -1.69. The zero-order valence-corrected chi connectivity index (χ0v) is 12.1. The molecule has 1 heterocycles. The number of carboxylic acid groups (broad SMARTS) is 1. The van der Waals surface area contributed by atoms with Gasteiger partial charge in [0.05, 0.1) is 16.3 Å². The molecule has 2 rings (SSSR count). The fraction of sp³-hybridized carbons (Fsp3) is 0.462. The summed E-state index contributed by atoms with van der Waals surface area (Å²) in [6, 6.07) is 1.17. The monoisotopic (exact) mass is 334 g/mol. The van der Waals surface area contributed by atoms with Gasteiger partial charge in [-0.25, -0.2) is 9.78 Å². The van der Waals surface area contributed by atoms with Crippen LogP contribution in [0.2, 0.25) is 0 Å². The second kappa shape index (κ2) is 6.55. The van der Waals surface area contributed by atoms with Crippen LogP contribution in [0.5, 0.6) is 0 Å². The Balaban J connectivity index is 1.84. The van der Waals surface area contributed by atoms with Gasteiger partial charge in [0.1, 0.15) is 6.04 Å². The SMILES string of the molecule is O=C(CSc1ccc(C(F)(F)F)cn1)NC(C(=O)O)C1CC1. The highest BCUT2D eigenvalue weighted by atomic mass is 32.2. The molecule has 0 spiro atoms. The van der Waals surface area contributed by atoms with Gasteiger partial charge in [0.25, 0.3) is 0 Å². The fourth-order valence-corrected chi connectivity index (χ4v) is 2.45. The Morgan fingerprint density at radius 1 is 1.41 bits per heavy atom. The molecule has 2 N–H and O–H groups in total. The van der Waals surface area contributed by atoms with Gasteiger partial charge in [-0.2, -0.15) is 13.2 Å². The number of carboxylic acids is 1. The molecule has 9 heteroatoms. The van der Waals surface area contributed by atoms with E-state index in [4.69, 9.17) is 5.11 Å². The summed E-state index contributed by atoms with van der Waals surface area (Å²) in [5.41, 5.74) is -0.860. The number of carbonyl (C=O) groups is 2. The molecule has 0 aliphatic heterocycles. The quantitative estimate of drug-likeness (QED) is 0.780. The smallest absolute Gasteiger partial charge is 0.417 e. The Morgan fingerprint density at radius 3 is 2.55 bits per heavy atom. The molecular weight excluding hydrogens is 321 g/mol. The molecule has 0 saturated heterocycles. The topological polar surface area (TPSA) is 79.3 Å². The number of thioether (sulfide) groups is 1. The normalized spacial score (nSPS) is 16.1. The van der Waals surface area contributed by atoms with Gasteiger partial charge in [0.15, 0.2) is 0 Å². The van der Waals surface area contributed by atoms with E-state index in [0.29, 0.717) is 6.20 Å². The predicted molar refractivity (Wildman–Crippen MR) is 72.3 cm³/mol.